The number of rotatable bonds is 7. The maximum atomic E-state index is 13.4. The SMILES string of the molecule is CC1CCCN(CCCNc2ccc(-c3nc(-c4cccc(F)c4)no3)cn2)C1. The van der Waals surface area contributed by atoms with Crippen LogP contribution in [-0.2, 0) is 0 Å². The number of hydrogen-bond donors (Lipinski definition) is 1. The summed E-state index contributed by atoms with van der Waals surface area (Å²) >= 11 is 0. The topological polar surface area (TPSA) is 67.1 Å². The van der Waals surface area contributed by atoms with E-state index < -0.39 is 0 Å². The fourth-order valence-corrected chi connectivity index (χ4v) is 3.72. The number of hydrogen-bond acceptors (Lipinski definition) is 6. The largest absolute Gasteiger partial charge is 0.370 e. The van der Waals surface area contributed by atoms with Gasteiger partial charge in [0, 0.05) is 24.8 Å². The van der Waals surface area contributed by atoms with Gasteiger partial charge in [0.25, 0.3) is 5.89 Å². The summed E-state index contributed by atoms with van der Waals surface area (Å²) in [5.41, 5.74) is 1.31. The maximum Gasteiger partial charge on any atom is 0.259 e. The molecular formula is C22H26FN5O. The number of anilines is 1. The first-order chi connectivity index (χ1) is 14.2. The van der Waals surface area contributed by atoms with Crippen LogP contribution in [0.5, 0.6) is 0 Å². The molecule has 1 unspecified atom stereocenters. The second kappa shape index (κ2) is 9.13. The monoisotopic (exact) mass is 395 g/mol. The number of halogens is 1. The molecule has 7 heteroatoms. The Bertz CT molecular complexity index is 927. The Morgan fingerprint density at radius 2 is 2.17 bits per heavy atom. The lowest BCUT2D eigenvalue weighted by Crippen LogP contribution is -2.35. The number of nitrogens with zero attached hydrogens (tertiary/aromatic N) is 4. The summed E-state index contributed by atoms with van der Waals surface area (Å²) in [5.74, 6) is 2.03. The van der Waals surface area contributed by atoms with E-state index in [0.717, 1.165) is 36.8 Å². The van der Waals surface area contributed by atoms with Gasteiger partial charge >= 0.3 is 0 Å². The quantitative estimate of drug-likeness (QED) is 0.595. The van der Waals surface area contributed by atoms with Crippen LogP contribution in [0.2, 0.25) is 0 Å². The van der Waals surface area contributed by atoms with Crippen molar-refractivity contribution < 1.29 is 8.91 Å². The molecule has 1 aliphatic heterocycles. The Kier molecular flexibility index (Phi) is 6.14. The zero-order valence-corrected chi connectivity index (χ0v) is 16.6. The highest BCUT2D eigenvalue weighted by atomic mass is 19.1. The van der Waals surface area contributed by atoms with Gasteiger partial charge in [0.1, 0.15) is 11.6 Å². The van der Waals surface area contributed by atoms with Crippen molar-refractivity contribution in [3.63, 3.8) is 0 Å². The summed E-state index contributed by atoms with van der Waals surface area (Å²) in [4.78, 5) is 11.3. The first-order valence-electron chi connectivity index (χ1n) is 10.2. The third-order valence-corrected chi connectivity index (χ3v) is 5.22. The highest BCUT2D eigenvalue weighted by molar-refractivity contribution is 5.60. The molecule has 6 nitrogen and oxygen atoms in total. The first kappa shape index (κ1) is 19.5. The molecule has 2 aromatic heterocycles. The van der Waals surface area contributed by atoms with Gasteiger partial charge in [0.15, 0.2) is 0 Å². The highest BCUT2D eigenvalue weighted by Gasteiger charge is 2.15. The van der Waals surface area contributed by atoms with Crippen molar-refractivity contribution in [3.05, 3.63) is 48.4 Å². The van der Waals surface area contributed by atoms with Crippen LogP contribution in [0, 0.1) is 11.7 Å². The lowest BCUT2D eigenvalue weighted by Gasteiger charge is -2.30. The molecule has 1 saturated heterocycles. The van der Waals surface area contributed by atoms with Crippen molar-refractivity contribution in [1.29, 1.82) is 0 Å². The van der Waals surface area contributed by atoms with Crippen molar-refractivity contribution >= 4 is 5.82 Å². The van der Waals surface area contributed by atoms with Crippen LogP contribution in [0.25, 0.3) is 22.8 Å². The Labute approximate surface area is 170 Å². The van der Waals surface area contributed by atoms with E-state index in [1.165, 1.54) is 38.1 Å². The fraction of sp³-hybridized carbons (Fsp3) is 0.409. The lowest BCUT2D eigenvalue weighted by atomic mass is 10.0. The van der Waals surface area contributed by atoms with Crippen molar-refractivity contribution in [2.45, 2.75) is 26.2 Å². The number of piperidine rings is 1. The second-order valence-corrected chi connectivity index (χ2v) is 7.69. The molecule has 0 spiro atoms. The predicted octanol–water partition coefficient (Wildman–Crippen LogP) is 4.47. The van der Waals surface area contributed by atoms with Gasteiger partial charge in [-0.25, -0.2) is 9.37 Å². The van der Waals surface area contributed by atoms with Crippen LogP contribution >= 0.6 is 0 Å². The van der Waals surface area contributed by atoms with Gasteiger partial charge in [-0.05, 0) is 62.5 Å². The van der Waals surface area contributed by atoms with Crippen molar-refractivity contribution in [3.8, 4) is 22.8 Å². The van der Waals surface area contributed by atoms with Crippen LogP contribution < -0.4 is 5.32 Å². The summed E-state index contributed by atoms with van der Waals surface area (Å²) in [6, 6.07) is 9.93. The Hall–Kier alpha value is -2.80. The van der Waals surface area contributed by atoms with Gasteiger partial charge < -0.3 is 14.7 Å². The fourth-order valence-electron chi connectivity index (χ4n) is 3.72. The average Bonchev–Trinajstić information content (AvgIpc) is 3.22. The van der Waals surface area contributed by atoms with Crippen LogP contribution in [0.4, 0.5) is 10.2 Å². The zero-order chi connectivity index (χ0) is 20.1. The average molecular weight is 395 g/mol. The first-order valence-corrected chi connectivity index (χ1v) is 10.2. The van der Waals surface area contributed by atoms with Gasteiger partial charge in [-0.15, -0.1) is 0 Å². The highest BCUT2D eigenvalue weighted by Crippen LogP contribution is 2.23. The van der Waals surface area contributed by atoms with Crippen LogP contribution in [0.15, 0.2) is 47.1 Å². The van der Waals surface area contributed by atoms with Gasteiger partial charge in [-0.2, -0.15) is 4.98 Å². The predicted molar refractivity (Wildman–Crippen MR) is 111 cm³/mol. The summed E-state index contributed by atoms with van der Waals surface area (Å²) in [5, 5.41) is 7.30. The van der Waals surface area contributed by atoms with Crippen LogP contribution in [0.3, 0.4) is 0 Å². The molecule has 0 amide bonds. The van der Waals surface area contributed by atoms with Crippen LogP contribution in [-0.4, -0.2) is 46.2 Å². The summed E-state index contributed by atoms with van der Waals surface area (Å²) < 4.78 is 18.7. The van der Waals surface area contributed by atoms with Gasteiger partial charge in [0.05, 0.1) is 5.56 Å². The van der Waals surface area contributed by atoms with Gasteiger partial charge in [-0.1, -0.05) is 24.2 Å². The number of nitrogens with one attached hydrogen (secondary N) is 1. The molecule has 0 bridgehead atoms. The standard InChI is InChI=1S/C22H26FN5O/c1-16-5-3-11-28(15-16)12-4-10-24-20-9-8-18(14-25-20)22-26-21(27-29-22)17-6-2-7-19(23)13-17/h2,6-9,13-14,16H,3-5,10-12,15H2,1H3,(H,24,25). The zero-order valence-electron chi connectivity index (χ0n) is 16.6. The van der Waals surface area contributed by atoms with Gasteiger partial charge in [-0.3, -0.25) is 0 Å². The van der Waals surface area contributed by atoms with E-state index in [1.807, 2.05) is 12.1 Å². The molecule has 1 atom stereocenters. The third-order valence-electron chi connectivity index (χ3n) is 5.22. The Morgan fingerprint density at radius 3 is 2.97 bits per heavy atom. The molecule has 1 N–H and O–H groups in total. The molecule has 1 aromatic carbocycles. The number of likely N-dealkylation sites (tertiary alicyclic amines) is 1. The molecule has 152 valence electrons. The minimum Gasteiger partial charge on any atom is -0.370 e. The molecule has 3 aromatic rings. The van der Waals surface area contributed by atoms with E-state index in [4.69, 9.17) is 4.52 Å². The molecule has 0 saturated carbocycles. The minimum atomic E-state index is -0.333. The molecule has 4 rings (SSSR count). The van der Waals surface area contributed by atoms with E-state index in [2.05, 4.69) is 32.3 Å². The Balaban J connectivity index is 1.29. The molecule has 3 heterocycles. The molecule has 0 aliphatic carbocycles. The van der Waals surface area contributed by atoms with E-state index in [1.54, 1.807) is 18.3 Å². The van der Waals surface area contributed by atoms with E-state index in [0.29, 0.717) is 17.3 Å². The smallest absolute Gasteiger partial charge is 0.259 e. The van der Waals surface area contributed by atoms with E-state index in [9.17, 15) is 4.39 Å². The maximum absolute atomic E-state index is 13.4. The lowest BCUT2D eigenvalue weighted by molar-refractivity contribution is 0.183. The summed E-state index contributed by atoms with van der Waals surface area (Å²) in [6.07, 6.45) is 5.47. The molecule has 29 heavy (non-hydrogen) atoms. The van der Waals surface area contributed by atoms with Crippen molar-refractivity contribution in [1.82, 2.24) is 20.0 Å². The normalized spacial score (nSPS) is 17.4. The number of aromatic nitrogens is 3. The molecule has 1 aliphatic rings. The van der Waals surface area contributed by atoms with Crippen LogP contribution in [0.1, 0.15) is 26.2 Å². The van der Waals surface area contributed by atoms with E-state index in [-0.39, 0.29) is 5.82 Å². The van der Waals surface area contributed by atoms with E-state index >= 15 is 0 Å². The second-order valence-electron chi connectivity index (χ2n) is 7.69. The molecule has 0 radical (unpaired) electrons. The van der Waals surface area contributed by atoms with Gasteiger partial charge in [0.2, 0.25) is 5.82 Å². The van der Waals surface area contributed by atoms with Crippen molar-refractivity contribution in [2.24, 2.45) is 5.92 Å². The third kappa shape index (κ3) is 5.17. The number of pyridine rings is 1. The number of benzene rings is 1. The Morgan fingerprint density at radius 1 is 1.24 bits per heavy atom. The van der Waals surface area contributed by atoms with Crippen molar-refractivity contribution in [2.75, 3.05) is 31.5 Å². The molecular weight excluding hydrogens is 369 g/mol. The summed E-state index contributed by atoms with van der Waals surface area (Å²) in [7, 11) is 0. The molecule has 1 fully saturated rings. The minimum absolute atomic E-state index is 0.333. The summed E-state index contributed by atoms with van der Waals surface area (Å²) in [6.45, 7) is 6.79.